The maximum atomic E-state index is 11.8. The molecule has 0 atom stereocenters. The van der Waals surface area contributed by atoms with Crippen molar-refractivity contribution in [1.29, 1.82) is 0 Å². The van der Waals surface area contributed by atoms with Crippen molar-refractivity contribution in [3.05, 3.63) is 0 Å². The number of imide groups is 1. The van der Waals surface area contributed by atoms with Crippen LogP contribution < -0.4 is 10.6 Å². The van der Waals surface area contributed by atoms with E-state index in [0.717, 1.165) is 32.6 Å². The molecule has 3 amide bonds. The Bertz CT molecular complexity index is 274. The third kappa shape index (κ3) is 2.70. The van der Waals surface area contributed by atoms with Gasteiger partial charge in [-0.1, -0.05) is 0 Å². The summed E-state index contributed by atoms with van der Waals surface area (Å²) in [5.74, 6) is -0.0862. The van der Waals surface area contributed by atoms with Crippen molar-refractivity contribution < 1.29 is 9.59 Å². The fraction of sp³-hybridized carbons (Fsp3) is 0.800. The maximum Gasteiger partial charge on any atom is 0.324 e. The molecule has 0 aromatic carbocycles. The molecule has 6 nitrogen and oxygen atoms in total. The summed E-state index contributed by atoms with van der Waals surface area (Å²) in [5.41, 5.74) is 0. The molecule has 2 N–H and O–H groups in total. The molecule has 16 heavy (non-hydrogen) atoms. The van der Waals surface area contributed by atoms with E-state index in [4.69, 9.17) is 0 Å². The summed E-state index contributed by atoms with van der Waals surface area (Å²) in [7, 11) is 0. The van der Waals surface area contributed by atoms with E-state index in [1.54, 1.807) is 0 Å². The van der Waals surface area contributed by atoms with Crippen molar-refractivity contribution in [1.82, 2.24) is 20.4 Å². The van der Waals surface area contributed by atoms with Gasteiger partial charge in [0.15, 0.2) is 0 Å². The van der Waals surface area contributed by atoms with E-state index in [-0.39, 0.29) is 11.9 Å². The Morgan fingerprint density at radius 2 is 2.06 bits per heavy atom. The zero-order valence-corrected chi connectivity index (χ0v) is 9.37. The van der Waals surface area contributed by atoms with Crippen molar-refractivity contribution in [3.8, 4) is 0 Å². The predicted octanol–water partition coefficient (Wildman–Crippen LogP) is -1.17. The Morgan fingerprint density at radius 3 is 2.81 bits per heavy atom. The van der Waals surface area contributed by atoms with E-state index in [0.29, 0.717) is 19.6 Å². The van der Waals surface area contributed by atoms with Gasteiger partial charge in [0.05, 0.1) is 6.54 Å². The van der Waals surface area contributed by atoms with Crippen molar-refractivity contribution in [3.63, 3.8) is 0 Å². The molecule has 0 aromatic rings. The lowest BCUT2D eigenvalue weighted by atomic mass is 10.3. The van der Waals surface area contributed by atoms with Crippen LogP contribution in [0.3, 0.4) is 0 Å². The Morgan fingerprint density at radius 1 is 1.19 bits per heavy atom. The second kappa shape index (κ2) is 5.27. The molecule has 0 aliphatic carbocycles. The first-order valence-corrected chi connectivity index (χ1v) is 5.78. The van der Waals surface area contributed by atoms with Crippen LogP contribution in [-0.2, 0) is 4.79 Å². The molecule has 2 aliphatic heterocycles. The lowest BCUT2D eigenvalue weighted by Gasteiger charge is -2.21. The average molecular weight is 226 g/mol. The summed E-state index contributed by atoms with van der Waals surface area (Å²) in [4.78, 5) is 26.5. The zero-order chi connectivity index (χ0) is 11.4. The number of nitrogens with zero attached hydrogens (tertiary/aromatic N) is 2. The molecule has 2 saturated heterocycles. The molecular weight excluding hydrogens is 208 g/mol. The highest BCUT2D eigenvalue weighted by atomic mass is 16.2. The Hall–Kier alpha value is -1.14. The van der Waals surface area contributed by atoms with Gasteiger partial charge >= 0.3 is 6.03 Å². The summed E-state index contributed by atoms with van der Waals surface area (Å²) in [5, 5.41) is 5.92. The van der Waals surface area contributed by atoms with Gasteiger partial charge in [-0.3, -0.25) is 14.6 Å². The maximum absolute atomic E-state index is 11.8. The fourth-order valence-electron chi connectivity index (χ4n) is 2.05. The monoisotopic (exact) mass is 226 g/mol. The van der Waals surface area contributed by atoms with Crippen LogP contribution in [0.15, 0.2) is 0 Å². The summed E-state index contributed by atoms with van der Waals surface area (Å²) in [6, 6.07) is -0.252. The van der Waals surface area contributed by atoms with E-state index in [1.807, 2.05) is 0 Å². The van der Waals surface area contributed by atoms with Gasteiger partial charge in [-0.05, 0) is 19.5 Å². The van der Waals surface area contributed by atoms with Crippen LogP contribution in [0.1, 0.15) is 6.42 Å². The van der Waals surface area contributed by atoms with E-state index in [2.05, 4.69) is 15.5 Å². The molecule has 0 aromatic heterocycles. The largest absolute Gasteiger partial charge is 0.336 e. The van der Waals surface area contributed by atoms with Crippen molar-refractivity contribution in [2.45, 2.75) is 6.42 Å². The minimum Gasteiger partial charge on any atom is -0.336 e. The highest BCUT2D eigenvalue weighted by Gasteiger charge is 2.27. The lowest BCUT2D eigenvalue weighted by Crippen LogP contribution is -2.42. The van der Waals surface area contributed by atoms with Gasteiger partial charge in [0, 0.05) is 26.2 Å². The Labute approximate surface area is 95.0 Å². The third-order valence-corrected chi connectivity index (χ3v) is 2.95. The van der Waals surface area contributed by atoms with Gasteiger partial charge in [-0.15, -0.1) is 0 Å². The van der Waals surface area contributed by atoms with E-state index >= 15 is 0 Å². The SMILES string of the molecule is O=C(CN1CCCNCC1)N1CCNC1=O. The van der Waals surface area contributed by atoms with E-state index < -0.39 is 0 Å². The number of hydrogen-bond acceptors (Lipinski definition) is 4. The smallest absolute Gasteiger partial charge is 0.324 e. The number of urea groups is 1. The normalized spacial score (nSPS) is 23.0. The van der Waals surface area contributed by atoms with Crippen molar-refractivity contribution >= 4 is 11.9 Å². The second-order valence-electron chi connectivity index (χ2n) is 4.16. The first-order chi connectivity index (χ1) is 7.77. The minimum atomic E-state index is -0.252. The average Bonchev–Trinajstić information content (AvgIpc) is 2.53. The Balaban J connectivity index is 1.83. The zero-order valence-electron chi connectivity index (χ0n) is 9.37. The summed E-state index contributed by atoms with van der Waals surface area (Å²) < 4.78 is 0. The van der Waals surface area contributed by atoms with Crippen LogP contribution in [0.5, 0.6) is 0 Å². The quantitative estimate of drug-likeness (QED) is 0.623. The molecule has 0 bridgehead atoms. The number of amides is 3. The van der Waals surface area contributed by atoms with E-state index in [1.165, 1.54) is 4.90 Å². The highest BCUT2D eigenvalue weighted by molar-refractivity contribution is 5.96. The molecule has 0 spiro atoms. The number of carbonyl (C=O) groups excluding carboxylic acids is 2. The predicted molar refractivity (Wildman–Crippen MR) is 59.0 cm³/mol. The Kier molecular flexibility index (Phi) is 3.74. The number of hydrogen-bond donors (Lipinski definition) is 2. The molecule has 0 unspecified atom stereocenters. The van der Waals surface area contributed by atoms with Gasteiger partial charge in [-0.25, -0.2) is 4.79 Å². The number of rotatable bonds is 2. The van der Waals surface area contributed by atoms with Crippen molar-refractivity contribution in [2.75, 3.05) is 45.8 Å². The second-order valence-corrected chi connectivity index (χ2v) is 4.16. The molecule has 2 fully saturated rings. The van der Waals surface area contributed by atoms with Crippen LogP contribution in [0.4, 0.5) is 4.79 Å². The standard InChI is InChI=1S/C10H18N4O2/c15-9(14-7-4-12-10(14)16)8-13-5-1-2-11-3-6-13/h11H,1-8H2,(H,12,16). The van der Waals surface area contributed by atoms with Gasteiger partial charge in [0.2, 0.25) is 5.91 Å². The van der Waals surface area contributed by atoms with Crippen LogP contribution in [0.25, 0.3) is 0 Å². The molecule has 2 rings (SSSR count). The molecular formula is C10H18N4O2. The lowest BCUT2D eigenvalue weighted by molar-refractivity contribution is -0.128. The van der Waals surface area contributed by atoms with Gasteiger partial charge in [0.1, 0.15) is 0 Å². The third-order valence-electron chi connectivity index (χ3n) is 2.95. The van der Waals surface area contributed by atoms with Gasteiger partial charge in [-0.2, -0.15) is 0 Å². The van der Waals surface area contributed by atoms with Crippen molar-refractivity contribution in [2.24, 2.45) is 0 Å². The van der Waals surface area contributed by atoms with E-state index in [9.17, 15) is 9.59 Å². The first-order valence-electron chi connectivity index (χ1n) is 5.78. The topological polar surface area (TPSA) is 64.7 Å². The molecule has 0 radical (unpaired) electrons. The summed E-state index contributed by atoms with van der Waals surface area (Å²) in [6.45, 7) is 5.16. The molecule has 2 heterocycles. The summed E-state index contributed by atoms with van der Waals surface area (Å²) >= 11 is 0. The number of nitrogens with one attached hydrogen (secondary N) is 2. The number of carbonyl (C=O) groups is 2. The van der Waals surface area contributed by atoms with Crippen LogP contribution in [-0.4, -0.2) is 67.6 Å². The summed E-state index contributed by atoms with van der Waals surface area (Å²) in [6.07, 6.45) is 1.06. The van der Waals surface area contributed by atoms with Gasteiger partial charge in [0.25, 0.3) is 0 Å². The highest BCUT2D eigenvalue weighted by Crippen LogP contribution is 2.01. The molecule has 6 heteroatoms. The minimum absolute atomic E-state index is 0.0862. The van der Waals surface area contributed by atoms with Crippen LogP contribution in [0, 0.1) is 0 Å². The molecule has 0 saturated carbocycles. The molecule has 90 valence electrons. The molecule has 2 aliphatic rings. The first kappa shape index (κ1) is 11.3. The van der Waals surface area contributed by atoms with Gasteiger partial charge < -0.3 is 10.6 Å². The fourth-order valence-corrected chi connectivity index (χ4v) is 2.05. The van der Waals surface area contributed by atoms with Crippen LogP contribution in [0.2, 0.25) is 0 Å². The van der Waals surface area contributed by atoms with Crippen LogP contribution >= 0.6 is 0 Å².